The number of hydrogen-bond donors (Lipinski definition) is 1. The second-order valence-corrected chi connectivity index (χ2v) is 6.88. The monoisotopic (exact) mass is 335 g/mol. The van der Waals surface area contributed by atoms with Crippen LogP contribution in [0.1, 0.15) is 5.56 Å². The van der Waals surface area contributed by atoms with Crippen LogP contribution in [0, 0.1) is 0 Å². The van der Waals surface area contributed by atoms with E-state index in [1.165, 1.54) is 30.3 Å². The van der Waals surface area contributed by atoms with Gasteiger partial charge >= 0.3 is 0 Å². The van der Waals surface area contributed by atoms with Gasteiger partial charge in [0, 0.05) is 6.54 Å². The summed E-state index contributed by atoms with van der Waals surface area (Å²) in [6.07, 6.45) is 1.22. The minimum atomic E-state index is -3.43. The van der Waals surface area contributed by atoms with Gasteiger partial charge in [-0.15, -0.1) is 0 Å². The first-order valence-corrected chi connectivity index (χ1v) is 8.70. The van der Waals surface area contributed by atoms with Crippen LogP contribution < -0.4 is 10.5 Å². The molecule has 0 saturated heterocycles. The first-order chi connectivity index (χ1) is 11.0. The molecule has 2 aromatic carbocycles. The fourth-order valence-electron chi connectivity index (χ4n) is 1.96. The van der Waals surface area contributed by atoms with E-state index in [2.05, 4.69) is 0 Å². The molecule has 0 fully saturated rings. The van der Waals surface area contributed by atoms with Crippen molar-refractivity contribution in [1.29, 1.82) is 0 Å². The van der Waals surface area contributed by atoms with Crippen molar-refractivity contribution in [1.82, 2.24) is 0 Å². The molecular formula is C17H18FNO3S. The molecule has 6 heteroatoms. The Morgan fingerprint density at radius 1 is 1.09 bits per heavy atom. The first-order valence-electron chi connectivity index (χ1n) is 7.05. The molecule has 0 saturated carbocycles. The van der Waals surface area contributed by atoms with Gasteiger partial charge in [0.25, 0.3) is 0 Å². The summed E-state index contributed by atoms with van der Waals surface area (Å²) in [4.78, 5) is 0.201. The lowest BCUT2D eigenvalue weighted by Gasteiger charge is -2.07. The summed E-state index contributed by atoms with van der Waals surface area (Å²) in [5.74, 6) is -0.139. The average Bonchev–Trinajstić information content (AvgIpc) is 2.54. The lowest BCUT2D eigenvalue weighted by molar-refractivity contribution is 0.318. The molecule has 0 unspecified atom stereocenters. The van der Waals surface area contributed by atoms with Gasteiger partial charge in [0.1, 0.15) is 18.2 Å². The van der Waals surface area contributed by atoms with Gasteiger partial charge in [-0.05, 0) is 35.9 Å². The fourth-order valence-corrected chi connectivity index (χ4v) is 3.31. The number of halogens is 1. The highest BCUT2D eigenvalue weighted by molar-refractivity contribution is 7.90. The Labute approximate surface area is 135 Å². The molecular weight excluding hydrogens is 317 g/mol. The maximum atomic E-state index is 13.2. The molecule has 0 aliphatic carbocycles. The number of hydrogen-bond acceptors (Lipinski definition) is 4. The van der Waals surface area contributed by atoms with Crippen molar-refractivity contribution in [3.05, 3.63) is 72.1 Å². The Morgan fingerprint density at radius 2 is 1.74 bits per heavy atom. The van der Waals surface area contributed by atoms with E-state index >= 15 is 0 Å². The van der Waals surface area contributed by atoms with Gasteiger partial charge in [-0.3, -0.25) is 0 Å². The molecule has 0 aromatic heterocycles. The van der Waals surface area contributed by atoms with Gasteiger partial charge in [-0.2, -0.15) is 0 Å². The van der Waals surface area contributed by atoms with Crippen LogP contribution in [-0.4, -0.2) is 21.6 Å². The quantitative estimate of drug-likeness (QED) is 0.845. The predicted molar refractivity (Wildman–Crippen MR) is 87.5 cm³/mol. The van der Waals surface area contributed by atoms with Crippen LogP contribution in [0.4, 0.5) is 4.39 Å². The van der Waals surface area contributed by atoms with Crippen molar-refractivity contribution in [2.45, 2.75) is 10.6 Å². The minimum Gasteiger partial charge on any atom is -0.487 e. The van der Waals surface area contributed by atoms with E-state index in [9.17, 15) is 12.8 Å². The van der Waals surface area contributed by atoms with Crippen molar-refractivity contribution in [2.24, 2.45) is 5.73 Å². The molecule has 0 atom stereocenters. The molecule has 2 rings (SSSR count). The molecule has 0 spiro atoms. The van der Waals surface area contributed by atoms with Gasteiger partial charge in [0.05, 0.1) is 10.6 Å². The molecule has 0 amide bonds. The molecule has 2 N–H and O–H groups in total. The number of ether oxygens (including phenoxy) is 1. The van der Waals surface area contributed by atoms with Crippen LogP contribution >= 0.6 is 0 Å². The van der Waals surface area contributed by atoms with E-state index in [0.717, 1.165) is 5.56 Å². The SMILES string of the molecule is NC/C=C(\F)COc1ccc(S(=O)(=O)Cc2ccccc2)cc1. The van der Waals surface area contributed by atoms with E-state index in [0.29, 0.717) is 5.75 Å². The maximum Gasteiger partial charge on any atom is 0.182 e. The van der Waals surface area contributed by atoms with E-state index in [1.54, 1.807) is 24.3 Å². The summed E-state index contributed by atoms with van der Waals surface area (Å²) in [7, 11) is -3.43. The Bertz CT molecular complexity index is 756. The van der Waals surface area contributed by atoms with Gasteiger partial charge in [-0.25, -0.2) is 12.8 Å². The molecule has 0 aliphatic heterocycles. The van der Waals surface area contributed by atoms with Crippen LogP contribution in [-0.2, 0) is 15.6 Å². The first kappa shape index (κ1) is 17.2. The van der Waals surface area contributed by atoms with Crippen LogP contribution in [0.5, 0.6) is 5.75 Å². The summed E-state index contributed by atoms with van der Waals surface area (Å²) in [5, 5.41) is 0. The Kier molecular flexibility index (Phi) is 5.90. The molecule has 0 heterocycles. The van der Waals surface area contributed by atoms with Crippen molar-refractivity contribution < 1.29 is 17.5 Å². The standard InChI is InChI=1S/C17H18FNO3S/c18-15(10-11-19)12-22-16-6-8-17(9-7-16)23(20,21)13-14-4-2-1-3-5-14/h1-10H,11-13,19H2/b15-10-. The normalized spacial score (nSPS) is 12.2. The lowest BCUT2D eigenvalue weighted by Crippen LogP contribution is -2.05. The third-order valence-corrected chi connectivity index (χ3v) is 4.80. The highest BCUT2D eigenvalue weighted by Gasteiger charge is 2.15. The Morgan fingerprint density at radius 3 is 2.35 bits per heavy atom. The number of sulfone groups is 1. The van der Waals surface area contributed by atoms with Gasteiger partial charge in [0.15, 0.2) is 9.84 Å². The summed E-state index contributed by atoms with van der Waals surface area (Å²) >= 11 is 0. The summed E-state index contributed by atoms with van der Waals surface area (Å²) in [6.45, 7) is -0.126. The zero-order valence-corrected chi connectivity index (χ0v) is 13.3. The second kappa shape index (κ2) is 7.89. The molecule has 4 nitrogen and oxygen atoms in total. The van der Waals surface area contributed by atoms with Gasteiger partial charge in [0.2, 0.25) is 0 Å². The molecule has 2 aromatic rings. The fraction of sp³-hybridized carbons (Fsp3) is 0.176. The highest BCUT2D eigenvalue weighted by atomic mass is 32.2. The van der Waals surface area contributed by atoms with E-state index in [-0.39, 0.29) is 23.8 Å². The molecule has 0 aliphatic rings. The van der Waals surface area contributed by atoms with Crippen molar-refractivity contribution >= 4 is 9.84 Å². The maximum absolute atomic E-state index is 13.2. The third-order valence-electron chi connectivity index (χ3n) is 3.10. The van der Waals surface area contributed by atoms with E-state index in [1.807, 2.05) is 6.07 Å². The minimum absolute atomic E-state index is 0.0675. The molecule has 122 valence electrons. The number of nitrogens with two attached hydrogens (primary N) is 1. The smallest absolute Gasteiger partial charge is 0.182 e. The van der Waals surface area contributed by atoms with Crippen molar-refractivity contribution in [3.63, 3.8) is 0 Å². The average molecular weight is 335 g/mol. The molecule has 0 bridgehead atoms. The topological polar surface area (TPSA) is 69.4 Å². The van der Waals surface area contributed by atoms with Gasteiger partial charge < -0.3 is 10.5 Å². The summed E-state index contributed by atoms with van der Waals surface area (Å²) < 4.78 is 43.1. The number of rotatable bonds is 7. The van der Waals surface area contributed by atoms with Crippen LogP contribution in [0.2, 0.25) is 0 Å². The second-order valence-electron chi connectivity index (χ2n) is 4.89. The largest absolute Gasteiger partial charge is 0.487 e. The molecule has 23 heavy (non-hydrogen) atoms. The molecule has 0 radical (unpaired) electrons. The van der Waals surface area contributed by atoms with Crippen LogP contribution in [0.25, 0.3) is 0 Å². The van der Waals surface area contributed by atoms with Crippen LogP contribution in [0.15, 0.2) is 71.4 Å². The zero-order chi connectivity index (χ0) is 16.7. The summed E-state index contributed by atoms with van der Waals surface area (Å²) in [6, 6.07) is 14.9. The third kappa shape index (κ3) is 5.19. The Balaban J connectivity index is 2.05. The highest BCUT2D eigenvalue weighted by Crippen LogP contribution is 2.20. The van der Waals surface area contributed by atoms with Crippen molar-refractivity contribution in [2.75, 3.05) is 13.2 Å². The summed E-state index contributed by atoms with van der Waals surface area (Å²) in [5.41, 5.74) is 5.91. The lowest BCUT2D eigenvalue weighted by atomic mass is 10.2. The van der Waals surface area contributed by atoms with Crippen molar-refractivity contribution in [3.8, 4) is 5.75 Å². The number of benzene rings is 2. The predicted octanol–water partition coefficient (Wildman–Crippen LogP) is 2.85. The van der Waals surface area contributed by atoms with Crippen LogP contribution in [0.3, 0.4) is 0 Å². The van der Waals surface area contributed by atoms with E-state index < -0.39 is 15.7 Å². The van der Waals surface area contributed by atoms with Gasteiger partial charge in [-0.1, -0.05) is 30.3 Å². The van der Waals surface area contributed by atoms with E-state index in [4.69, 9.17) is 10.5 Å². The zero-order valence-electron chi connectivity index (χ0n) is 12.5. The Hall–Kier alpha value is -2.18.